The number of anilines is 1. The molecule has 3 heterocycles. The van der Waals surface area contributed by atoms with Crippen LogP contribution in [0.5, 0.6) is 0 Å². The number of nitrogens with one attached hydrogen (secondary N) is 1. The van der Waals surface area contributed by atoms with Crippen LogP contribution in [0.25, 0.3) is 0 Å². The van der Waals surface area contributed by atoms with Crippen molar-refractivity contribution in [1.29, 1.82) is 0 Å². The maximum atomic E-state index is 13.3. The van der Waals surface area contributed by atoms with Crippen LogP contribution in [0.15, 0.2) is 77.6 Å². The predicted octanol–water partition coefficient (Wildman–Crippen LogP) is 4.68. The van der Waals surface area contributed by atoms with E-state index in [4.69, 9.17) is 9.47 Å². The lowest BCUT2D eigenvalue weighted by Crippen LogP contribution is -2.38. The molecule has 0 bridgehead atoms. The topological polar surface area (TPSA) is 111 Å². The molecule has 2 aliphatic heterocycles. The van der Waals surface area contributed by atoms with Gasteiger partial charge in [0.05, 0.1) is 5.69 Å². The summed E-state index contributed by atoms with van der Waals surface area (Å²) >= 11 is 0. The quantitative estimate of drug-likeness (QED) is 0.593. The second kappa shape index (κ2) is 10.2. The molecule has 1 aromatic heterocycles. The third-order valence-electron chi connectivity index (χ3n) is 6.61. The molecule has 10 heteroatoms. The summed E-state index contributed by atoms with van der Waals surface area (Å²) in [5.74, 6) is 0.269. The summed E-state index contributed by atoms with van der Waals surface area (Å²) in [7, 11) is -3.94. The van der Waals surface area contributed by atoms with Crippen LogP contribution >= 0.6 is 0 Å². The third kappa shape index (κ3) is 5.41. The van der Waals surface area contributed by atoms with Crippen LogP contribution < -0.4 is 5.32 Å². The summed E-state index contributed by atoms with van der Waals surface area (Å²) < 4.78 is 39.0. The molecule has 0 atom stereocenters. The van der Waals surface area contributed by atoms with Crippen LogP contribution in [-0.2, 0) is 37.9 Å². The Bertz CT molecular complexity index is 1480. The first-order valence-corrected chi connectivity index (χ1v) is 13.9. The average Bonchev–Trinajstić information content (AvgIpc) is 2.93. The Morgan fingerprint density at radius 3 is 2.61 bits per heavy atom. The van der Waals surface area contributed by atoms with Crippen LogP contribution in [-0.4, -0.2) is 35.1 Å². The minimum absolute atomic E-state index is 0.00577. The van der Waals surface area contributed by atoms with Gasteiger partial charge in [0.15, 0.2) is 5.76 Å². The second-order valence-corrected chi connectivity index (χ2v) is 12.2. The van der Waals surface area contributed by atoms with Gasteiger partial charge in [-0.15, -0.1) is 0 Å². The molecule has 1 N–H and O–H groups in total. The van der Waals surface area contributed by atoms with Gasteiger partial charge in [-0.3, -0.25) is 10.1 Å². The van der Waals surface area contributed by atoms with Crippen molar-refractivity contribution < 1.29 is 22.7 Å². The maximum absolute atomic E-state index is 13.3. The Morgan fingerprint density at radius 2 is 1.89 bits per heavy atom. The SMILES string of the molecule is CC(C)(C)c1ccc(C(=O)Nc2ncc3c(n2)CCN(S(=O)(=O)C2=COC=C(C4=CC=CCC4)O2)C3)cc1. The third-order valence-corrected chi connectivity index (χ3v) is 8.29. The fourth-order valence-electron chi connectivity index (χ4n) is 4.35. The molecule has 3 aliphatic rings. The molecular weight excluding hydrogens is 504 g/mol. The molecule has 38 heavy (non-hydrogen) atoms. The van der Waals surface area contributed by atoms with Gasteiger partial charge in [-0.05, 0) is 41.5 Å². The van der Waals surface area contributed by atoms with Gasteiger partial charge in [-0.25, -0.2) is 18.4 Å². The molecule has 2 aromatic rings. The van der Waals surface area contributed by atoms with Gasteiger partial charge < -0.3 is 9.47 Å². The first kappa shape index (κ1) is 25.9. The highest BCUT2D eigenvalue weighted by Crippen LogP contribution is 2.31. The van der Waals surface area contributed by atoms with Crippen LogP contribution in [0.3, 0.4) is 0 Å². The van der Waals surface area contributed by atoms with Crippen molar-refractivity contribution in [2.75, 3.05) is 11.9 Å². The van der Waals surface area contributed by atoms with Gasteiger partial charge in [0.2, 0.25) is 5.95 Å². The molecule has 1 amide bonds. The number of ether oxygens (including phenoxy) is 2. The first-order valence-electron chi connectivity index (χ1n) is 12.5. The number of benzene rings is 1. The smallest absolute Gasteiger partial charge is 0.280 e. The Balaban J connectivity index is 1.25. The number of hydrogen-bond donors (Lipinski definition) is 1. The lowest BCUT2D eigenvalue weighted by molar-refractivity contribution is 0.102. The number of aromatic nitrogens is 2. The molecule has 0 spiro atoms. The zero-order valence-electron chi connectivity index (χ0n) is 21.6. The summed E-state index contributed by atoms with van der Waals surface area (Å²) in [5.41, 5.74) is 3.88. The normalized spacial score (nSPS) is 17.8. The van der Waals surface area contributed by atoms with E-state index in [0.29, 0.717) is 29.0 Å². The highest BCUT2D eigenvalue weighted by Gasteiger charge is 2.35. The molecule has 1 aliphatic carbocycles. The van der Waals surface area contributed by atoms with Crippen molar-refractivity contribution in [3.05, 3.63) is 100 Å². The molecule has 0 fully saturated rings. The van der Waals surface area contributed by atoms with E-state index in [1.54, 1.807) is 18.3 Å². The van der Waals surface area contributed by atoms with E-state index >= 15 is 0 Å². The minimum Gasteiger partial charge on any atom is -0.464 e. The van der Waals surface area contributed by atoms with Crippen molar-refractivity contribution in [2.24, 2.45) is 0 Å². The van der Waals surface area contributed by atoms with Gasteiger partial charge in [-0.2, -0.15) is 4.31 Å². The van der Waals surface area contributed by atoms with Crippen LogP contribution in [0, 0.1) is 0 Å². The summed E-state index contributed by atoms with van der Waals surface area (Å²) in [5, 5.41) is 2.49. The second-order valence-electron chi connectivity index (χ2n) is 10.4. The number of sulfonamides is 1. The average molecular weight is 535 g/mol. The number of amides is 1. The molecule has 0 saturated heterocycles. The molecule has 5 rings (SSSR count). The first-order chi connectivity index (χ1) is 18.1. The van der Waals surface area contributed by atoms with Gasteiger partial charge in [0.1, 0.15) is 12.5 Å². The minimum atomic E-state index is -3.94. The molecule has 0 saturated carbocycles. The number of carbonyl (C=O) groups is 1. The molecule has 0 radical (unpaired) electrons. The van der Waals surface area contributed by atoms with Crippen LogP contribution in [0.1, 0.15) is 60.8 Å². The number of nitrogens with zero attached hydrogens (tertiary/aromatic N) is 3. The summed E-state index contributed by atoms with van der Waals surface area (Å²) in [6.07, 6.45) is 11.9. The molecule has 198 valence electrons. The Hall–Kier alpha value is -3.76. The number of allylic oxidation sites excluding steroid dienone is 4. The Labute approximate surface area is 222 Å². The number of rotatable bonds is 5. The van der Waals surface area contributed by atoms with Crippen LogP contribution in [0.4, 0.5) is 5.95 Å². The lowest BCUT2D eigenvalue weighted by Gasteiger charge is -2.29. The zero-order chi connectivity index (χ0) is 26.9. The highest BCUT2D eigenvalue weighted by molar-refractivity contribution is 7.92. The lowest BCUT2D eigenvalue weighted by atomic mass is 9.87. The van der Waals surface area contributed by atoms with Crippen molar-refractivity contribution in [3.63, 3.8) is 0 Å². The molecule has 1 aromatic carbocycles. The molecule has 9 nitrogen and oxygen atoms in total. The highest BCUT2D eigenvalue weighted by atomic mass is 32.2. The summed E-state index contributed by atoms with van der Waals surface area (Å²) in [6.45, 7) is 6.64. The number of carbonyl (C=O) groups excluding carboxylic acids is 1. The van der Waals surface area contributed by atoms with Gasteiger partial charge >= 0.3 is 0 Å². The summed E-state index contributed by atoms with van der Waals surface area (Å²) in [6, 6.07) is 7.45. The van der Waals surface area contributed by atoms with E-state index in [9.17, 15) is 13.2 Å². The fraction of sp³-hybridized carbons (Fsp3) is 0.321. The van der Waals surface area contributed by atoms with E-state index in [1.807, 2.05) is 30.4 Å². The Morgan fingerprint density at radius 1 is 1.11 bits per heavy atom. The van der Waals surface area contributed by atoms with Crippen molar-refractivity contribution in [2.45, 2.75) is 52.0 Å². The molecular formula is C28H30N4O5S. The van der Waals surface area contributed by atoms with E-state index in [-0.39, 0.29) is 35.5 Å². The van der Waals surface area contributed by atoms with Crippen molar-refractivity contribution in [3.8, 4) is 0 Å². The standard InChI is InChI=1S/C28H30N4O5S/c1-28(2,3)22-11-9-20(10-12-22)26(33)31-27-29-15-21-16-32(14-13-23(21)30-27)38(34,35)25-18-36-17-24(37-25)19-7-5-4-6-8-19/h4-5,7,9-12,15,17-18H,6,8,13-14,16H2,1-3H3,(H,29,30,31,33). The number of hydrogen-bond acceptors (Lipinski definition) is 7. The van der Waals surface area contributed by atoms with Crippen molar-refractivity contribution in [1.82, 2.24) is 14.3 Å². The largest absolute Gasteiger partial charge is 0.464 e. The fourth-order valence-corrected chi connectivity index (χ4v) is 5.62. The monoisotopic (exact) mass is 534 g/mol. The van der Waals surface area contributed by atoms with E-state index < -0.39 is 10.0 Å². The predicted molar refractivity (Wildman–Crippen MR) is 143 cm³/mol. The van der Waals surface area contributed by atoms with Crippen LogP contribution in [0.2, 0.25) is 0 Å². The van der Waals surface area contributed by atoms with Gasteiger partial charge in [0, 0.05) is 36.8 Å². The van der Waals surface area contributed by atoms with Gasteiger partial charge in [-0.1, -0.05) is 51.1 Å². The van der Waals surface area contributed by atoms with E-state index in [0.717, 1.165) is 30.2 Å². The Kier molecular flexibility index (Phi) is 6.93. The number of fused-ring (bicyclic) bond motifs is 1. The molecule has 0 unspecified atom stereocenters. The van der Waals surface area contributed by atoms with E-state index in [2.05, 4.69) is 36.1 Å². The van der Waals surface area contributed by atoms with Crippen molar-refractivity contribution >= 4 is 21.9 Å². The summed E-state index contributed by atoms with van der Waals surface area (Å²) in [4.78, 5) is 21.5. The maximum Gasteiger partial charge on any atom is 0.280 e. The van der Waals surface area contributed by atoms with Gasteiger partial charge in [0.25, 0.3) is 21.0 Å². The van der Waals surface area contributed by atoms with E-state index in [1.165, 1.54) is 10.6 Å². The zero-order valence-corrected chi connectivity index (χ0v) is 22.4.